The van der Waals surface area contributed by atoms with Crippen molar-refractivity contribution >= 4 is 17.9 Å². The van der Waals surface area contributed by atoms with E-state index in [1.54, 1.807) is 20.8 Å². The van der Waals surface area contributed by atoms with Gasteiger partial charge in [-0.1, -0.05) is 77.4 Å². The number of unbranched alkanes of at least 4 members (excludes halogenated alkanes) is 12. The van der Waals surface area contributed by atoms with Gasteiger partial charge in [0, 0.05) is 11.9 Å². The molecule has 0 rings (SSSR count). The predicted molar refractivity (Wildman–Crippen MR) is 147 cm³/mol. The summed E-state index contributed by atoms with van der Waals surface area (Å²) in [5, 5.41) is 30.5. The van der Waals surface area contributed by atoms with Crippen LogP contribution in [0.25, 0.3) is 0 Å². The number of aliphatic carboxylic acids is 3. The second-order valence-corrected chi connectivity index (χ2v) is 11.2. The summed E-state index contributed by atoms with van der Waals surface area (Å²) in [7, 11) is 0. The Hall–Kier alpha value is -1.89. The minimum atomic E-state index is -1.18. The molecule has 0 aromatic rings. The average molecular weight is 526 g/mol. The molecule has 0 saturated carbocycles. The molecule has 0 spiro atoms. The Morgan fingerprint density at radius 1 is 0.649 bits per heavy atom. The fourth-order valence-electron chi connectivity index (χ4n) is 5.17. The van der Waals surface area contributed by atoms with E-state index >= 15 is 0 Å². The van der Waals surface area contributed by atoms with Crippen LogP contribution in [0.5, 0.6) is 0 Å². The Morgan fingerprint density at radius 2 is 1.03 bits per heavy atom. The molecule has 0 aromatic carbocycles. The number of rotatable bonds is 25. The first-order valence-electron chi connectivity index (χ1n) is 14.7. The Morgan fingerprint density at radius 3 is 1.43 bits per heavy atom. The standard InChI is InChI=1S/C30H55NO6/c1-5-6-7-8-9-10-11-12-13-14-15-16-17-18-19-20-21-31(22-25(2)28(32)33,23-26(3)29(34)35)24-27(4)30(36)37/h11-12,25-27H,5-10,13-24H2,1-4H3,(H2-,32,33,34,35,36,37)/b12-11+. The minimum absolute atomic E-state index is 0.182. The molecule has 216 valence electrons. The van der Waals surface area contributed by atoms with E-state index in [2.05, 4.69) is 19.1 Å². The number of hydrogen-bond donors (Lipinski definition) is 2. The SMILES string of the molecule is CCCCCCC/C=C/CCCCCCCCC[N+](CC(C)C(=O)[O-])(CC(C)C(=O)O)CC(C)C(=O)O. The van der Waals surface area contributed by atoms with Gasteiger partial charge in [0.25, 0.3) is 0 Å². The van der Waals surface area contributed by atoms with Crippen molar-refractivity contribution < 1.29 is 34.2 Å². The van der Waals surface area contributed by atoms with Crippen LogP contribution in [0.15, 0.2) is 12.2 Å². The number of carboxylic acid groups (broad SMARTS) is 3. The molecule has 7 heteroatoms. The van der Waals surface area contributed by atoms with Crippen LogP contribution in [0.3, 0.4) is 0 Å². The maximum atomic E-state index is 11.6. The fraction of sp³-hybridized carbons (Fsp3) is 0.833. The first-order chi connectivity index (χ1) is 17.5. The van der Waals surface area contributed by atoms with Gasteiger partial charge in [-0.05, 0) is 52.4 Å². The minimum Gasteiger partial charge on any atom is -0.550 e. The van der Waals surface area contributed by atoms with E-state index in [1.165, 1.54) is 57.8 Å². The van der Waals surface area contributed by atoms with Crippen molar-refractivity contribution in [2.24, 2.45) is 17.8 Å². The van der Waals surface area contributed by atoms with E-state index in [1.807, 2.05) is 0 Å². The van der Waals surface area contributed by atoms with Crippen LogP contribution in [0, 0.1) is 17.8 Å². The van der Waals surface area contributed by atoms with Crippen LogP contribution >= 0.6 is 0 Å². The number of allylic oxidation sites excluding steroid dienone is 2. The quantitative estimate of drug-likeness (QED) is 0.0902. The van der Waals surface area contributed by atoms with E-state index in [9.17, 15) is 29.7 Å². The number of quaternary nitrogens is 1. The van der Waals surface area contributed by atoms with Gasteiger partial charge in [0.2, 0.25) is 0 Å². The molecule has 0 fully saturated rings. The smallest absolute Gasteiger partial charge is 0.311 e. The molecule has 2 N–H and O–H groups in total. The summed E-state index contributed by atoms with van der Waals surface area (Å²) < 4.78 is 0.182. The lowest BCUT2D eigenvalue weighted by Crippen LogP contribution is -2.58. The molecular formula is C30H55NO6. The van der Waals surface area contributed by atoms with Crippen molar-refractivity contribution in [2.45, 2.75) is 118 Å². The van der Waals surface area contributed by atoms with Crippen molar-refractivity contribution in [1.29, 1.82) is 0 Å². The van der Waals surface area contributed by atoms with Crippen molar-refractivity contribution in [1.82, 2.24) is 0 Å². The Bertz CT molecular complexity index is 607. The third-order valence-corrected chi connectivity index (χ3v) is 7.37. The van der Waals surface area contributed by atoms with Gasteiger partial charge >= 0.3 is 11.9 Å². The number of carboxylic acids is 3. The summed E-state index contributed by atoms with van der Waals surface area (Å²) in [6, 6.07) is 0. The Kier molecular flexibility index (Phi) is 20.0. The maximum Gasteiger partial charge on any atom is 0.311 e. The largest absolute Gasteiger partial charge is 0.550 e. The van der Waals surface area contributed by atoms with Gasteiger partial charge in [0.05, 0.1) is 26.2 Å². The monoisotopic (exact) mass is 525 g/mol. The van der Waals surface area contributed by atoms with Crippen LogP contribution in [0.2, 0.25) is 0 Å². The van der Waals surface area contributed by atoms with E-state index < -0.39 is 35.7 Å². The molecule has 0 saturated heterocycles. The van der Waals surface area contributed by atoms with Gasteiger partial charge in [-0.25, -0.2) is 0 Å². The molecule has 0 heterocycles. The molecule has 7 nitrogen and oxygen atoms in total. The van der Waals surface area contributed by atoms with Gasteiger partial charge in [0.15, 0.2) is 0 Å². The molecular weight excluding hydrogens is 470 g/mol. The number of nitrogens with zero attached hydrogens (tertiary/aromatic N) is 1. The normalized spacial score (nSPS) is 15.8. The highest BCUT2D eigenvalue weighted by Gasteiger charge is 2.36. The number of carbonyl (C=O) groups is 3. The Balaban J connectivity index is 4.53. The lowest BCUT2D eigenvalue weighted by atomic mass is 10.0. The molecule has 0 bridgehead atoms. The number of carbonyl (C=O) groups excluding carboxylic acids is 1. The molecule has 0 radical (unpaired) electrons. The molecule has 0 aromatic heterocycles. The van der Waals surface area contributed by atoms with E-state index in [-0.39, 0.29) is 24.1 Å². The van der Waals surface area contributed by atoms with E-state index in [0.717, 1.165) is 32.1 Å². The predicted octanol–water partition coefficient (Wildman–Crippen LogP) is 5.67. The molecule has 3 unspecified atom stereocenters. The number of hydrogen-bond acceptors (Lipinski definition) is 4. The highest BCUT2D eigenvalue weighted by molar-refractivity contribution is 5.70. The zero-order chi connectivity index (χ0) is 28.1. The third-order valence-electron chi connectivity index (χ3n) is 7.37. The van der Waals surface area contributed by atoms with Gasteiger partial charge < -0.3 is 24.6 Å². The summed E-state index contributed by atoms with van der Waals surface area (Å²) >= 11 is 0. The van der Waals surface area contributed by atoms with Crippen molar-refractivity contribution in [3.63, 3.8) is 0 Å². The lowest BCUT2D eigenvalue weighted by Gasteiger charge is -2.43. The summed E-state index contributed by atoms with van der Waals surface area (Å²) in [4.78, 5) is 34.6. The van der Waals surface area contributed by atoms with Crippen molar-refractivity contribution in [2.75, 3.05) is 26.2 Å². The van der Waals surface area contributed by atoms with Gasteiger partial charge in [-0.3, -0.25) is 9.59 Å². The van der Waals surface area contributed by atoms with Crippen molar-refractivity contribution in [3.05, 3.63) is 12.2 Å². The van der Waals surface area contributed by atoms with Gasteiger partial charge in [0.1, 0.15) is 11.8 Å². The first kappa shape index (κ1) is 35.1. The molecule has 37 heavy (non-hydrogen) atoms. The lowest BCUT2D eigenvalue weighted by molar-refractivity contribution is -0.934. The highest BCUT2D eigenvalue weighted by atomic mass is 16.4. The summed E-state index contributed by atoms with van der Waals surface area (Å²) in [6.07, 6.45) is 21.3. The summed E-state index contributed by atoms with van der Waals surface area (Å²) in [5.74, 6) is -5.25. The highest BCUT2D eigenvalue weighted by Crippen LogP contribution is 2.22. The van der Waals surface area contributed by atoms with Crippen LogP contribution in [-0.4, -0.2) is 58.8 Å². The van der Waals surface area contributed by atoms with Crippen LogP contribution in [0.4, 0.5) is 0 Å². The topological polar surface area (TPSA) is 115 Å². The second kappa shape index (κ2) is 21.1. The van der Waals surface area contributed by atoms with Crippen LogP contribution in [0.1, 0.15) is 118 Å². The third kappa shape index (κ3) is 18.1. The van der Waals surface area contributed by atoms with Gasteiger partial charge in [-0.15, -0.1) is 0 Å². The Labute approximate surface area is 225 Å². The van der Waals surface area contributed by atoms with Gasteiger partial charge in [-0.2, -0.15) is 0 Å². The molecule has 3 atom stereocenters. The van der Waals surface area contributed by atoms with E-state index in [4.69, 9.17) is 0 Å². The molecule has 0 aliphatic rings. The fourth-order valence-corrected chi connectivity index (χ4v) is 5.17. The van der Waals surface area contributed by atoms with Crippen LogP contribution < -0.4 is 5.11 Å². The second-order valence-electron chi connectivity index (χ2n) is 11.2. The first-order valence-corrected chi connectivity index (χ1v) is 14.7. The molecule has 0 aliphatic heterocycles. The molecule has 0 amide bonds. The van der Waals surface area contributed by atoms with E-state index in [0.29, 0.717) is 6.54 Å². The van der Waals surface area contributed by atoms with Crippen LogP contribution in [-0.2, 0) is 14.4 Å². The van der Waals surface area contributed by atoms with Crippen molar-refractivity contribution in [3.8, 4) is 0 Å². The average Bonchev–Trinajstić information content (AvgIpc) is 2.83. The summed E-state index contributed by atoms with van der Waals surface area (Å²) in [5.41, 5.74) is 0. The zero-order valence-electron chi connectivity index (χ0n) is 24.1. The maximum absolute atomic E-state index is 11.6. The zero-order valence-corrected chi connectivity index (χ0v) is 24.1. The molecule has 0 aliphatic carbocycles. The summed E-state index contributed by atoms with van der Waals surface area (Å²) in [6.45, 7) is 8.21.